The number of carbonyl (C=O) groups excluding carboxylic acids is 1. The normalized spacial score (nSPS) is 10.2. The van der Waals surface area contributed by atoms with Crippen LogP contribution in [0.5, 0.6) is 0 Å². The van der Waals surface area contributed by atoms with Gasteiger partial charge in [-0.3, -0.25) is 0 Å². The number of esters is 1. The number of nitrogens with one attached hydrogen (secondary N) is 1. The van der Waals surface area contributed by atoms with Gasteiger partial charge in [-0.15, -0.1) is 0 Å². The Bertz CT molecular complexity index is 278. The molecule has 0 aliphatic rings. The lowest BCUT2D eigenvalue weighted by atomic mass is 10.3. The van der Waals surface area contributed by atoms with Crippen LogP contribution < -0.4 is 5.73 Å². The van der Waals surface area contributed by atoms with Crippen LogP contribution >= 0.6 is 0 Å². The van der Waals surface area contributed by atoms with Gasteiger partial charge in [0.15, 0.2) is 0 Å². The number of nitrogens with two attached hydrogens (primary N) is 1. The van der Waals surface area contributed by atoms with Gasteiger partial charge in [-0.25, -0.2) is 4.79 Å². The smallest absolute Gasteiger partial charge is 0.342 e. The van der Waals surface area contributed by atoms with Gasteiger partial charge >= 0.3 is 5.97 Å². The largest absolute Gasteiger partial charge is 0.459 e. The number of H-pyrrole nitrogens is 1. The van der Waals surface area contributed by atoms with Crippen LogP contribution in [0.2, 0.25) is 0 Å². The minimum atomic E-state index is -0.385. The Morgan fingerprint density at radius 3 is 2.75 bits per heavy atom. The predicted octanol–water partition coefficient (Wildman–Crippen LogP) is 1.16. The summed E-state index contributed by atoms with van der Waals surface area (Å²) in [6.45, 7) is 3.58. The summed E-state index contributed by atoms with van der Waals surface area (Å²) in [6, 6.07) is 1.60. The van der Waals surface area contributed by atoms with Gasteiger partial charge in [0.25, 0.3) is 0 Å². The summed E-state index contributed by atoms with van der Waals surface area (Å²) in [7, 11) is 0. The topological polar surface area (TPSA) is 68.1 Å². The van der Waals surface area contributed by atoms with Crippen molar-refractivity contribution in [2.75, 3.05) is 5.73 Å². The van der Waals surface area contributed by atoms with E-state index in [1.54, 1.807) is 26.1 Å². The third-order valence-corrected chi connectivity index (χ3v) is 1.34. The lowest BCUT2D eigenvalue weighted by molar-refractivity contribution is 0.0379. The molecule has 3 N–H and O–H groups in total. The molecule has 0 saturated carbocycles. The third kappa shape index (κ3) is 1.78. The van der Waals surface area contributed by atoms with Gasteiger partial charge in [0.1, 0.15) is 11.4 Å². The van der Waals surface area contributed by atoms with Crippen LogP contribution in [-0.4, -0.2) is 17.1 Å². The summed E-state index contributed by atoms with van der Waals surface area (Å²) in [5.74, 6) is -0.0376. The molecule has 0 radical (unpaired) electrons. The van der Waals surface area contributed by atoms with E-state index in [2.05, 4.69) is 4.98 Å². The third-order valence-electron chi connectivity index (χ3n) is 1.34. The molecule has 0 aliphatic carbocycles. The highest BCUT2D eigenvalue weighted by Gasteiger charge is 2.12. The van der Waals surface area contributed by atoms with Crippen molar-refractivity contribution < 1.29 is 9.53 Å². The van der Waals surface area contributed by atoms with Crippen LogP contribution in [0.1, 0.15) is 24.2 Å². The molecule has 0 atom stereocenters. The fourth-order valence-corrected chi connectivity index (χ4v) is 0.838. The SMILES string of the molecule is CC(C)OC(=O)c1cc[nH]c1N. The van der Waals surface area contributed by atoms with Crippen molar-refractivity contribution in [2.45, 2.75) is 20.0 Å². The second kappa shape index (κ2) is 3.30. The van der Waals surface area contributed by atoms with Gasteiger partial charge in [0, 0.05) is 6.20 Å². The molecular weight excluding hydrogens is 156 g/mol. The molecule has 66 valence electrons. The Morgan fingerprint density at radius 2 is 2.33 bits per heavy atom. The Balaban J connectivity index is 2.72. The van der Waals surface area contributed by atoms with Crippen LogP contribution in [-0.2, 0) is 4.74 Å². The van der Waals surface area contributed by atoms with E-state index in [1.807, 2.05) is 0 Å². The molecule has 0 bridgehead atoms. The van der Waals surface area contributed by atoms with Crippen molar-refractivity contribution in [3.05, 3.63) is 17.8 Å². The van der Waals surface area contributed by atoms with Gasteiger partial charge < -0.3 is 15.5 Å². The van der Waals surface area contributed by atoms with Crippen molar-refractivity contribution in [1.29, 1.82) is 0 Å². The van der Waals surface area contributed by atoms with Crippen LogP contribution in [0.3, 0.4) is 0 Å². The number of aromatic amines is 1. The molecule has 1 rings (SSSR count). The van der Waals surface area contributed by atoms with Crippen molar-refractivity contribution in [2.24, 2.45) is 0 Å². The van der Waals surface area contributed by atoms with Crippen molar-refractivity contribution in [3.63, 3.8) is 0 Å². The first-order valence-corrected chi connectivity index (χ1v) is 3.75. The van der Waals surface area contributed by atoms with E-state index >= 15 is 0 Å². The van der Waals surface area contributed by atoms with Gasteiger partial charge in [0.05, 0.1) is 6.10 Å². The molecular formula is C8H12N2O2. The number of hydrogen-bond donors (Lipinski definition) is 2. The molecule has 0 aromatic carbocycles. The molecule has 1 aromatic heterocycles. The van der Waals surface area contributed by atoms with Crippen molar-refractivity contribution >= 4 is 11.8 Å². The zero-order valence-corrected chi connectivity index (χ0v) is 7.13. The fourth-order valence-electron chi connectivity index (χ4n) is 0.838. The molecule has 0 amide bonds. The number of anilines is 1. The average molecular weight is 168 g/mol. The maximum absolute atomic E-state index is 11.2. The van der Waals surface area contributed by atoms with E-state index in [0.29, 0.717) is 11.4 Å². The van der Waals surface area contributed by atoms with E-state index in [-0.39, 0.29) is 12.1 Å². The molecule has 1 heterocycles. The molecule has 0 fully saturated rings. The van der Waals surface area contributed by atoms with E-state index in [9.17, 15) is 4.79 Å². The van der Waals surface area contributed by atoms with Gasteiger partial charge in [-0.1, -0.05) is 0 Å². The molecule has 4 nitrogen and oxygen atoms in total. The van der Waals surface area contributed by atoms with Gasteiger partial charge in [0.2, 0.25) is 0 Å². The number of nitrogen functional groups attached to an aromatic ring is 1. The van der Waals surface area contributed by atoms with Crippen LogP contribution in [0.4, 0.5) is 5.82 Å². The van der Waals surface area contributed by atoms with Crippen LogP contribution in [0.15, 0.2) is 12.3 Å². The van der Waals surface area contributed by atoms with E-state index in [4.69, 9.17) is 10.5 Å². The molecule has 4 heteroatoms. The minimum absolute atomic E-state index is 0.119. The minimum Gasteiger partial charge on any atom is -0.459 e. The van der Waals surface area contributed by atoms with Gasteiger partial charge in [-0.05, 0) is 19.9 Å². The van der Waals surface area contributed by atoms with E-state index in [1.165, 1.54) is 0 Å². The number of ether oxygens (including phenoxy) is 1. The van der Waals surface area contributed by atoms with Crippen LogP contribution in [0.25, 0.3) is 0 Å². The highest BCUT2D eigenvalue weighted by atomic mass is 16.5. The lowest BCUT2D eigenvalue weighted by Crippen LogP contribution is -2.12. The molecule has 0 spiro atoms. The molecule has 0 unspecified atom stereocenters. The Labute approximate surface area is 70.7 Å². The second-order valence-electron chi connectivity index (χ2n) is 2.76. The number of rotatable bonds is 2. The number of hydrogen-bond acceptors (Lipinski definition) is 3. The summed E-state index contributed by atoms with van der Waals surface area (Å²) in [5, 5.41) is 0. The Morgan fingerprint density at radius 1 is 1.67 bits per heavy atom. The molecule has 12 heavy (non-hydrogen) atoms. The highest BCUT2D eigenvalue weighted by Crippen LogP contribution is 2.10. The molecule has 0 saturated heterocycles. The standard InChI is InChI=1S/C8H12N2O2/c1-5(2)12-8(11)6-3-4-10-7(6)9/h3-5,10H,9H2,1-2H3. The summed E-state index contributed by atoms with van der Waals surface area (Å²) < 4.78 is 4.94. The first kappa shape index (κ1) is 8.64. The summed E-state index contributed by atoms with van der Waals surface area (Å²) in [5.41, 5.74) is 5.85. The number of carbonyl (C=O) groups is 1. The van der Waals surface area contributed by atoms with E-state index in [0.717, 1.165) is 0 Å². The van der Waals surface area contributed by atoms with E-state index < -0.39 is 0 Å². The highest BCUT2D eigenvalue weighted by molar-refractivity contribution is 5.94. The lowest BCUT2D eigenvalue weighted by Gasteiger charge is -2.06. The first-order valence-electron chi connectivity index (χ1n) is 3.75. The maximum atomic E-state index is 11.2. The molecule has 0 aliphatic heterocycles. The van der Waals surface area contributed by atoms with Crippen molar-refractivity contribution in [3.8, 4) is 0 Å². The monoisotopic (exact) mass is 168 g/mol. The zero-order valence-electron chi connectivity index (χ0n) is 7.13. The predicted molar refractivity (Wildman–Crippen MR) is 45.8 cm³/mol. The molecule has 1 aromatic rings. The van der Waals surface area contributed by atoms with Crippen molar-refractivity contribution in [1.82, 2.24) is 4.98 Å². The Hall–Kier alpha value is -1.45. The summed E-state index contributed by atoms with van der Waals surface area (Å²) >= 11 is 0. The second-order valence-corrected chi connectivity index (χ2v) is 2.76. The maximum Gasteiger partial charge on any atom is 0.342 e. The van der Waals surface area contributed by atoms with Gasteiger partial charge in [-0.2, -0.15) is 0 Å². The fraction of sp³-hybridized carbons (Fsp3) is 0.375. The zero-order chi connectivity index (χ0) is 9.14. The number of aromatic nitrogens is 1. The quantitative estimate of drug-likeness (QED) is 0.651. The Kier molecular flexibility index (Phi) is 2.38. The van der Waals surface area contributed by atoms with Crippen LogP contribution in [0, 0.1) is 0 Å². The average Bonchev–Trinajstić information content (AvgIpc) is 2.33. The summed E-state index contributed by atoms with van der Waals surface area (Å²) in [4.78, 5) is 13.9. The first-order chi connectivity index (χ1) is 5.61. The summed E-state index contributed by atoms with van der Waals surface area (Å²) in [6.07, 6.45) is 1.48.